The Bertz CT molecular complexity index is 699. The summed E-state index contributed by atoms with van der Waals surface area (Å²) in [5.41, 5.74) is 1.65. The molecule has 0 aromatic heterocycles. The third kappa shape index (κ3) is 4.54. The molecule has 1 atom stereocenters. The van der Waals surface area contributed by atoms with Gasteiger partial charge in [0.25, 0.3) is 0 Å². The van der Waals surface area contributed by atoms with Crippen molar-refractivity contribution in [2.45, 2.75) is 26.3 Å². The number of methoxy groups -OCH3 is 2. The molecule has 0 fully saturated rings. The molecule has 1 aromatic rings. The highest BCUT2D eigenvalue weighted by Crippen LogP contribution is 2.32. The van der Waals surface area contributed by atoms with Crippen LogP contribution >= 0.6 is 0 Å². The predicted molar refractivity (Wildman–Crippen MR) is 97.9 cm³/mol. The van der Waals surface area contributed by atoms with Crippen LogP contribution in [0.3, 0.4) is 0 Å². The summed E-state index contributed by atoms with van der Waals surface area (Å²) in [5.74, 6) is 0.742. The lowest BCUT2D eigenvalue weighted by Crippen LogP contribution is -2.46. The van der Waals surface area contributed by atoms with E-state index < -0.39 is 0 Å². The zero-order chi connectivity index (χ0) is 19.3. The molecule has 0 unspecified atom stereocenters. The van der Waals surface area contributed by atoms with E-state index >= 15 is 0 Å². The highest BCUT2D eigenvalue weighted by Gasteiger charge is 2.23. The van der Waals surface area contributed by atoms with Gasteiger partial charge in [-0.1, -0.05) is 13.8 Å². The second-order valence-electron chi connectivity index (χ2n) is 6.52. The molecule has 7 heteroatoms. The van der Waals surface area contributed by atoms with Crippen LogP contribution in [0, 0.1) is 5.92 Å². The maximum absolute atomic E-state index is 12.5. The van der Waals surface area contributed by atoms with E-state index in [-0.39, 0.29) is 43.3 Å². The highest BCUT2D eigenvalue weighted by atomic mass is 16.5. The highest BCUT2D eigenvalue weighted by molar-refractivity contribution is 5.89. The van der Waals surface area contributed by atoms with Crippen LogP contribution in [0.25, 0.3) is 6.08 Å². The fourth-order valence-corrected chi connectivity index (χ4v) is 2.73. The predicted octanol–water partition coefficient (Wildman–Crippen LogP) is 1.19. The number of carbonyl (C=O) groups excluding carboxylic acids is 2. The van der Waals surface area contributed by atoms with Crippen LogP contribution in [-0.4, -0.2) is 55.2 Å². The molecule has 0 bridgehead atoms. The van der Waals surface area contributed by atoms with Gasteiger partial charge in [-0.15, -0.1) is 0 Å². The van der Waals surface area contributed by atoms with Crippen molar-refractivity contribution in [2.75, 3.05) is 27.4 Å². The molecule has 0 radical (unpaired) electrons. The minimum Gasteiger partial charge on any atom is -0.493 e. The summed E-state index contributed by atoms with van der Waals surface area (Å²) >= 11 is 0. The standard InChI is InChI=1S/C19H26N2O5/c1-12(2)15(11-22)20-18(23)10-21-6-5-13-7-16(25-3)17(26-4)8-14(13)9-19(21)24/h5-8,12,15,22H,9-11H2,1-4H3,(H,20,23)/t15-/m0/s1. The van der Waals surface area contributed by atoms with Crippen molar-refractivity contribution in [2.24, 2.45) is 5.92 Å². The van der Waals surface area contributed by atoms with E-state index in [1.165, 1.54) is 4.90 Å². The van der Waals surface area contributed by atoms with E-state index in [1.807, 2.05) is 19.9 Å². The summed E-state index contributed by atoms with van der Waals surface area (Å²) in [6, 6.07) is 3.25. The Labute approximate surface area is 153 Å². The normalized spacial score (nSPS) is 14.7. The lowest BCUT2D eigenvalue weighted by molar-refractivity contribution is -0.133. The van der Waals surface area contributed by atoms with Gasteiger partial charge in [-0.05, 0) is 35.3 Å². The number of hydrogen-bond donors (Lipinski definition) is 2. The first kappa shape index (κ1) is 19.8. The third-order valence-electron chi connectivity index (χ3n) is 4.40. The molecule has 2 amide bonds. The van der Waals surface area contributed by atoms with Gasteiger partial charge in [-0.3, -0.25) is 9.59 Å². The van der Waals surface area contributed by atoms with Crippen molar-refractivity contribution in [1.29, 1.82) is 0 Å². The monoisotopic (exact) mass is 362 g/mol. The number of benzene rings is 1. The van der Waals surface area contributed by atoms with Crippen molar-refractivity contribution in [3.05, 3.63) is 29.5 Å². The Morgan fingerprint density at radius 2 is 1.92 bits per heavy atom. The smallest absolute Gasteiger partial charge is 0.240 e. The molecule has 0 spiro atoms. The van der Waals surface area contributed by atoms with Gasteiger partial charge in [0, 0.05) is 6.20 Å². The molecule has 1 heterocycles. The molecular formula is C19H26N2O5. The number of aliphatic hydroxyl groups excluding tert-OH is 1. The molecule has 1 aromatic carbocycles. The van der Waals surface area contributed by atoms with Gasteiger partial charge in [0.15, 0.2) is 11.5 Å². The fourth-order valence-electron chi connectivity index (χ4n) is 2.73. The number of amides is 2. The number of ether oxygens (including phenoxy) is 2. The number of carbonyl (C=O) groups is 2. The van der Waals surface area contributed by atoms with Gasteiger partial charge in [-0.2, -0.15) is 0 Å². The molecular weight excluding hydrogens is 336 g/mol. The lowest BCUT2D eigenvalue weighted by Gasteiger charge is -2.22. The van der Waals surface area contributed by atoms with Crippen molar-refractivity contribution < 1.29 is 24.2 Å². The zero-order valence-electron chi connectivity index (χ0n) is 15.6. The molecule has 2 rings (SSSR count). The van der Waals surface area contributed by atoms with Crippen LogP contribution in [0.1, 0.15) is 25.0 Å². The molecule has 0 saturated carbocycles. The summed E-state index contributed by atoms with van der Waals surface area (Å²) in [6.45, 7) is 3.59. The van der Waals surface area contributed by atoms with E-state index in [0.29, 0.717) is 11.5 Å². The summed E-state index contributed by atoms with van der Waals surface area (Å²) in [4.78, 5) is 26.1. The Morgan fingerprint density at radius 1 is 1.27 bits per heavy atom. The van der Waals surface area contributed by atoms with Crippen LogP contribution in [0.2, 0.25) is 0 Å². The van der Waals surface area contributed by atoms with Gasteiger partial charge in [0.2, 0.25) is 11.8 Å². The summed E-state index contributed by atoms with van der Waals surface area (Å²) in [6.07, 6.45) is 3.54. The SMILES string of the molecule is COc1cc2c(cc1OC)CC(=O)N(CC(=O)N[C@@H](CO)C(C)C)C=C2. The van der Waals surface area contributed by atoms with E-state index in [0.717, 1.165) is 11.1 Å². The van der Waals surface area contributed by atoms with Gasteiger partial charge in [-0.25, -0.2) is 0 Å². The van der Waals surface area contributed by atoms with Crippen LogP contribution in [0.5, 0.6) is 11.5 Å². The Kier molecular flexibility index (Phi) is 6.63. The average molecular weight is 362 g/mol. The number of fused-ring (bicyclic) bond motifs is 1. The van der Waals surface area contributed by atoms with Crippen LogP contribution in [0.4, 0.5) is 0 Å². The van der Waals surface area contributed by atoms with Crippen LogP contribution in [0.15, 0.2) is 18.3 Å². The maximum Gasteiger partial charge on any atom is 0.240 e. The van der Waals surface area contributed by atoms with Crippen molar-refractivity contribution in [3.8, 4) is 11.5 Å². The summed E-state index contributed by atoms with van der Waals surface area (Å²) in [7, 11) is 3.10. The van der Waals surface area contributed by atoms with Crippen LogP contribution < -0.4 is 14.8 Å². The average Bonchev–Trinajstić information content (AvgIpc) is 2.76. The third-order valence-corrected chi connectivity index (χ3v) is 4.40. The van der Waals surface area contributed by atoms with E-state index in [1.54, 1.807) is 32.6 Å². The number of nitrogens with one attached hydrogen (secondary N) is 1. The molecule has 0 aliphatic carbocycles. The topological polar surface area (TPSA) is 88.1 Å². The van der Waals surface area contributed by atoms with Crippen molar-refractivity contribution in [3.63, 3.8) is 0 Å². The minimum absolute atomic E-state index is 0.0964. The quantitative estimate of drug-likeness (QED) is 0.761. The zero-order valence-corrected chi connectivity index (χ0v) is 15.6. The first-order valence-corrected chi connectivity index (χ1v) is 8.52. The Morgan fingerprint density at radius 3 is 2.50 bits per heavy atom. The summed E-state index contributed by atoms with van der Waals surface area (Å²) < 4.78 is 10.6. The second kappa shape index (κ2) is 8.71. The molecule has 26 heavy (non-hydrogen) atoms. The summed E-state index contributed by atoms with van der Waals surface area (Å²) in [5, 5.41) is 12.1. The molecule has 1 aliphatic heterocycles. The molecule has 142 valence electrons. The van der Waals surface area contributed by atoms with Gasteiger partial charge >= 0.3 is 0 Å². The first-order chi connectivity index (χ1) is 12.4. The molecule has 2 N–H and O–H groups in total. The van der Waals surface area contributed by atoms with Gasteiger partial charge in [0.05, 0.1) is 33.3 Å². The minimum atomic E-state index is -0.334. The van der Waals surface area contributed by atoms with E-state index in [9.17, 15) is 14.7 Å². The molecule has 1 aliphatic rings. The van der Waals surface area contributed by atoms with Crippen molar-refractivity contribution >= 4 is 17.9 Å². The number of rotatable bonds is 7. The van der Waals surface area contributed by atoms with Gasteiger partial charge in [0.1, 0.15) is 6.54 Å². The Balaban J connectivity index is 2.14. The van der Waals surface area contributed by atoms with Crippen molar-refractivity contribution in [1.82, 2.24) is 10.2 Å². The number of hydrogen-bond acceptors (Lipinski definition) is 5. The lowest BCUT2D eigenvalue weighted by atomic mass is 10.0. The number of aliphatic hydroxyl groups is 1. The Hall–Kier alpha value is -2.54. The van der Waals surface area contributed by atoms with Crippen LogP contribution in [-0.2, 0) is 16.0 Å². The molecule has 0 saturated heterocycles. The van der Waals surface area contributed by atoms with E-state index in [4.69, 9.17) is 9.47 Å². The first-order valence-electron chi connectivity index (χ1n) is 8.52. The number of nitrogens with zero attached hydrogens (tertiary/aromatic N) is 1. The second-order valence-corrected chi connectivity index (χ2v) is 6.52. The largest absolute Gasteiger partial charge is 0.493 e. The fraction of sp³-hybridized carbons (Fsp3) is 0.474. The van der Waals surface area contributed by atoms with E-state index in [2.05, 4.69) is 5.32 Å². The van der Waals surface area contributed by atoms with Gasteiger partial charge < -0.3 is 24.8 Å². The molecule has 7 nitrogen and oxygen atoms in total. The maximum atomic E-state index is 12.5.